The van der Waals surface area contributed by atoms with E-state index in [1.165, 1.54) is 0 Å². The maximum absolute atomic E-state index is 11.5. The minimum Gasteiger partial charge on any atom is -0.294 e. The summed E-state index contributed by atoms with van der Waals surface area (Å²) < 4.78 is 23.0. The number of sulfone groups is 1. The fourth-order valence-corrected chi connectivity index (χ4v) is 3.35. The molecule has 0 saturated carbocycles. The van der Waals surface area contributed by atoms with E-state index in [1.54, 1.807) is 6.20 Å². The zero-order chi connectivity index (χ0) is 11.6. The Balaban J connectivity index is 2.04. The Morgan fingerprint density at radius 1 is 1.56 bits per heavy atom. The highest BCUT2D eigenvalue weighted by atomic mass is 32.2. The molecule has 1 aromatic heterocycles. The molecule has 1 aliphatic rings. The van der Waals surface area contributed by atoms with Gasteiger partial charge in [-0.1, -0.05) is 0 Å². The van der Waals surface area contributed by atoms with Crippen LogP contribution in [0.4, 0.5) is 0 Å². The molecule has 2 rings (SSSR count). The molecule has 1 aromatic rings. The third kappa shape index (κ3) is 2.82. The SMILES string of the molecule is CC1CCS(=O)(=O)CCN1Cc1ccn[nH]1. The van der Waals surface area contributed by atoms with Crippen molar-refractivity contribution in [2.45, 2.75) is 25.9 Å². The minimum absolute atomic E-state index is 0.269. The molecule has 1 unspecified atom stereocenters. The van der Waals surface area contributed by atoms with Gasteiger partial charge in [0, 0.05) is 31.0 Å². The highest BCUT2D eigenvalue weighted by Crippen LogP contribution is 2.14. The van der Waals surface area contributed by atoms with E-state index in [1.807, 2.05) is 6.07 Å². The molecule has 90 valence electrons. The maximum atomic E-state index is 11.5. The monoisotopic (exact) mass is 243 g/mol. The van der Waals surface area contributed by atoms with Crippen LogP contribution in [0.3, 0.4) is 0 Å². The van der Waals surface area contributed by atoms with Gasteiger partial charge in [-0.2, -0.15) is 5.10 Å². The molecule has 0 amide bonds. The standard InChI is InChI=1S/C10H17N3O2S/c1-9-3-6-16(14,15)7-5-13(9)8-10-2-4-11-12-10/h2,4,9H,3,5-8H2,1H3,(H,11,12). The third-order valence-corrected chi connectivity index (χ3v) is 4.75. The van der Waals surface area contributed by atoms with E-state index in [9.17, 15) is 8.42 Å². The summed E-state index contributed by atoms with van der Waals surface area (Å²) in [5.74, 6) is 0.582. The van der Waals surface area contributed by atoms with Crippen molar-refractivity contribution in [3.8, 4) is 0 Å². The van der Waals surface area contributed by atoms with Gasteiger partial charge in [0.25, 0.3) is 0 Å². The Hall–Kier alpha value is -0.880. The van der Waals surface area contributed by atoms with Gasteiger partial charge in [0.2, 0.25) is 0 Å². The van der Waals surface area contributed by atoms with E-state index < -0.39 is 9.84 Å². The van der Waals surface area contributed by atoms with Gasteiger partial charge in [-0.3, -0.25) is 10.00 Å². The topological polar surface area (TPSA) is 66.1 Å². The van der Waals surface area contributed by atoms with E-state index in [0.717, 1.165) is 18.7 Å². The van der Waals surface area contributed by atoms with E-state index in [0.29, 0.717) is 18.3 Å². The first kappa shape index (κ1) is 11.6. The Morgan fingerprint density at radius 2 is 2.38 bits per heavy atom. The van der Waals surface area contributed by atoms with Gasteiger partial charge in [-0.25, -0.2) is 8.42 Å². The van der Waals surface area contributed by atoms with Crippen molar-refractivity contribution >= 4 is 9.84 Å². The largest absolute Gasteiger partial charge is 0.294 e. The zero-order valence-corrected chi connectivity index (χ0v) is 10.2. The predicted molar refractivity (Wildman–Crippen MR) is 61.7 cm³/mol. The lowest BCUT2D eigenvalue weighted by atomic mass is 10.2. The second kappa shape index (κ2) is 4.55. The molecule has 0 bridgehead atoms. The van der Waals surface area contributed by atoms with Crippen LogP contribution in [0, 0.1) is 0 Å². The van der Waals surface area contributed by atoms with Crippen LogP contribution in [-0.2, 0) is 16.4 Å². The maximum Gasteiger partial charge on any atom is 0.151 e. The second-order valence-corrected chi connectivity index (χ2v) is 6.65. The van der Waals surface area contributed by atoms with Crippen LogP contribution < -0.4 is 0 Å². The van der Waals surface area contributed by atoms with Crippen molar-refractivity contribution in [2.75, 3.05) is 18.1 Å². The molecule has 1 atom stereocenters. The molecule has 0 aromatic carbocycles. The number of aromatic nitrogens is 2. The van der Waals surface area contributed by atoms with Gasteiger partial charge in [0.1, 0.15) is 0 Å². The van der Waals surface area contributed by atoms with Crippen molar-refractivity contribution in [3.63, 3.8) is 0 Å². The number of H-pyrrole nitrogens is 1. The van der Waals surface area contributed by atoms with E-state index in [2.05, 4.69) is 22.0 Å². The van der Waals surface area contributed by atoms with E-state index >= 15 is 0 Å². The van der Waals surface area contributed by atoms with Crippen molar-refractivity contribution < 1.29 is 8.42 Å². The molecule has 1 N–H and O–H groups in total. The molecule has 0 radical (unpaired) electrons. The minimum atomic E-state index is -2.83. The highest BCUT2D eigenvalue weighted by molar-refractivity contribution is 7.91. The lowest BCUT2D eigenvalue weighted by Gasteiger charge is -2.25. The Kier molecular flexibility index (Phi) is 3.30. The van der Waals surface area contributed by atoms with Gasteiger partial charge >= 0.3 is 0 Å². The molecule has 6 heteroatoms. The quantitative estimate of drug-likeness (QED) is 0.817. The fourth-order valence-electron chi connectivity index (χ4n) is 1.94. The first-order chi connectivity index (χ1) is 7.57. The Morgan fingerprint density at radius 3 is 3.06 bits per heavy atom. The highest BCUT2D eigenvalue weighted by Gasteiger charge is 2.24. The predicted octanol–water partition coefficient (Wildman–Crippen LogP) is 0.419. The summed E-state index contributed by atoms with van der Waals surface area (Å²) in [6, 6.07) is 2.23. The molecule has 2 heterocycles. The van der Waals surface area contributed by atoms with Gasteiger partial charge < -0.3 is 0 Å². The van der Waals surface area contributed by atoms with Crippen LogP contribution in [0.5, 0.6) is 0 Å². The number of rotatable bonds is 2. The van der Waals surface area contributed by atoms with Crippen molar-refractivity contribution in [2.24, 2.45) is 0 Å². The number of hydrogen-bond donors (Lipinski definition) is 1. The number of hydrogen-bond acceptors (Lipinski definition) is 4. The average molecular weight is 243 g/mol. The van der Waals surface area contributed by atoms with Crippen molar-refractivity contribution in [3.05, 3.63) is 18.0 Å². The first-order valence-electron chi connectivity index (χ1n) is 5.49. The van der Waals surface area contributed by atoms with Crippen LogP contribution in [0.2, 0.25) is 0 Å². The van der Waals surface area contributed by atoms with Gasteiger partial charge in [-0.15, -0.1) is 0 Å². The molecule has 1 aliphatic heterocycles. The average Bonchev–Trinajstić information content (AvgIpc) is 2.69. The summed E-state index contributed by atoms with van der Waals surface area (Å²) in [5.41, 5.74) is 1.03. The van der Waals surface area contributed by atoms with Gasteiger partial charge in [0.05, 0.1) is 11.5 Å². The Labute approximate surface area is 95.8 Å². The smallest absolute Gasteiger partial charge is 0.151 e. The van der Waals surface area contributed by atoms with E-state index in [-0.39, 0.29) is 5.75 Å². The lowest BCUT2D eigenvalue weighted by Crippen LogP contribution is -2.33. The van der Waals surface area contributed by atoms with Gasteiger partial charge in [0.15, 0.2) is 9.84 Å². The summed E-state index contributed by atoms with van der Waals surface area (Å²) in [6.45, 7) is 3.44. The molecule has 0 spiro atoms. The summed E-state index contributed by atoms with van der Waals surface area (Å²) in [7, 11) is -2.83. The molecule has 1 saturated heterocycles. The zero-order valence-electron chi connectivity index (χ0n) is 9.39. The van der Waals surface area contributed by atoms with Crippen LogP contribution in [-0.4, -0.2) is 47.6 Å². The normalized spacial score (nSPS) is 26.4. The fraction of sp³-hybridized carbons (Fsp3) is 0.700. The third-order valence-electron chi connectivity index (χ3n) is 3.09. The van der Waals surface area contributed by atoms with Crippen LogP contribution in [0.25, 0.3) is 0 Å². The Bertz CT molecular complexity index is 427. The van der Waals surface area contributed by atoms with Crippen LogP contribution in [0.15, 0.2) is 12.3 Å². The van der Waals surface area contributed by atoms with Gasteiger partial charge in [-0.05, 0) is 19.4 Å². The molecular formula is C10H17N3O2S. The van der Waals surface area contributed by atoms with Crippen molar-refractivity contribution in [1.82, 2.24) is 15.1 Å². The summed E-state index contributed by atoms with van der Waals surface area (Å²) in [5, 5.41) is 6.80. The molecular weight excluding hydrogens is 226 g/mol. The lowest BCUT2D eigenvalue weighted by molar-refractivity contribution is 0.210. The second-order valence-electron chi connectivity index (χ2n) is 4.34. The van der Waals surface area contributed by atoms with Crippen LogP contribution >= 0.6 is 0 Å². The van der Waals surface area contributed by atoms with Crippen molar-refractivity contribution in [1.29, 1.82) is 0 Å². The summed E-state index contributed by atoms with van der Waals surface area (Å²) in [6.07, 6.45) is 2.44. The molecule has 16 heavy (non-hydrogen) atoms. The van der Waals surface area contributed by atoms with E-state index in [4.69, 9.17) is 0 Å². The number of aromatic amines is 1. The first-order valence-corrected chi connectivity index (χ1v) is 7.32. The number of nitrogens with one attached hydrogen (secondary N) is 1. The summed E-state index contributed by atoms with van der Waals surface area (Å²) >= 11 is 0. The molecule has 1 fully saturated rings. The van der Waals surface area contributed by atoms with Crippen LogP contribution in [0.1, 0.15) is 19.0 Å². The molecule has 5 nitrogen and oxygen atoms in total. The summed E-state index contributed by atoms with van der Waals surface area (Å²) in [4.78, 5) is 2.19. The molecule has 0 aliphatic carbocycles. The number of nitrogens with zero attached hydrogens (tertiary/aromatic N) is 2.